The van der Waals surface area contributed by atoms with Gasteiger partial charge in [-0.3, -0.25) is 4.98 Å². The molecule has 0 aliphatic heterocycles. The van der Waals surface area contributed by atoms with E-state index in [1.165, 1.54) is 36.1 Å². The van der Waals surface area contributed by atoms with Crippen LogP contribution in [0.4, 0.5) is 0 Å². The second-order valence-electron chi connectivity index (χ2n) is 4.74. The molecular weight excluding hydrogens is 206 g/mol. The number of aryl methyl sites for hydroxylation is 2. The second-order valence-corrected chi connectivity index (χ2v) is 4.74. The van der Waals surface area contributed by atoms with Crippen LogP contribution in [0, 0.1) is 6.92 Å². The van der Waals surface area contributed by atoms with Crippen molar-refractivity contribution in [2.75, 3.05) is 0 Å². The lowest BCUT2D eigenvalue weighted by Gasteiger charge is -2.06. The summed E-state index contributed by atoms with van der Waals surface area (Å²) in [4.78, 5) is 4.63. The molecule has 1 aliphatic rings. The fraction of sp³-hybridized carbons (Fsp3) is 0.438. The molecular formula is C16H21N. The molecule has 90 valence electrons. The Kier molecular flexibility index (Phi) is 4.13. The number of unbranched alkanes of at least 4 members (excludes halogenated alkanes) is 2. The Morgan fingerprint density at radius 3 is 2.82 bits per heavy atom. The van der Waals surface area contributed by atoms with Crippen molar-refractivity contribution < 1.29 is 0 Å². The van der Waals surface area contributed by atoms with Crippen molar-refractivity contribution in [2.24, 2.45) is 0 Å². The van der Waals surface area contributed by atoms with Crippen LogP contribution in [0.5, 0.6) is 0 Å². The number of allylic oxidation sites excluding steroid dienone is 4. The average Bonchev–Trinajstić information content (AvgIpc) is 2.82. The number of rotatable bonds is 5. The first-order valence-electron chi connectivity index (χ1n) is 6.64. The van der Waals surface area contributed by atoms with E-state index in [0.717, 1.165) is 18.5 Å². The van der Waals surface area contributed by atoms with E-state index in [4.69, 9.17) is 0 Å². The van der Waals surface area contributed by atoms with E-state index in [0.29, 0.717) is 0 Å². The zero-order valence-corrected chi connectivity index (χ0v) is 10.9. The smallest absolute Gasteiger partial charge is 0.0412 e. The standard InChI is InChI=1S/C16H21N/c1-3-4-5-10-16-12-15(11-13(2)17-16)14-8-6-7-9-14/h6,8-9,11-12H,3-5,7,10H2,1-2H3. The first-order valence-corrected chi connectivity index (χ1v) is 6.64. The van der Waals surface area contributed by atoms with E-state index < -0.39 is 0 Å². The molecule has 0 saturated carbocycles. The molecule has 0 radical (unpaired) electrons. The van der Waals surface area contributed by atoms with Crippen LogP contribution in [0.3, 0.4) is 0 Å². The minimum atomic E-state index is 1.07. The molecule has 0 unspecified atom stereocenters. The van der Waals surface area contributed by atoms with Gasteiger partial charge in [0.25, 0.3) is 0 Å². The largest absolute Gasteiger partial charge is 0.258 e. The highest BCUT2D eigenvalue weighted by atomic mass is 14.7. The average molecular weight is 227 g/mol. The lowest BCUT2D eigenvalue weighted by molar-refractivity contribution is 0.706. The van der Waals surface area contributed by atoms with Crippen molar-refractivity contribution in [3.63, 3.8) is 0 Å². The van der Waals surface area contributed by atoms with Gasteiger partial charge < -0.3 is 0 Å². The topological polar surface area (TPSA) is 12.9 Å². The Hall–Kier alpha value is -1.37. The molecule has 1 aromatic rings. The van der Waals surface area contributed by atoms with Crippen LogP contribution in [0.2, 0.25) is 0 Å². The molecule has 0 spiro atoms. The third kappa shape index (κ3) is 3.29. The van der Waals surface area contributed by atoms with E-state index in [2.05, 4.69) is 49.2 Å². The van der Waals surface area contributed by atoms with E-state index in [1.807, 2.05) is 0 Å². The van der Waals surface area contributed by atoms with Gasteiger partial charge in [0.05, 0.1) is 0 Å². The highest BCUT2D eigenvalue weighted by Crippen LogP contribution is 2.23. The first kappa shape index (κ1) is 12.1. The maximum atomic E-state index is 4.63. The van der Waals surface area contributed by atoms with Crippen molar-refractivity contribution in [3.8, 4) is 0 Å². The normalized spacial score (nSPS) is 14.1. The summed E-state index contributed by atoms with van der Waals surface area (Å²) in [6.07, 6.45) is 12.7. The van der Waals surface area contributed by atoms with Crippen LogP contribution in [-0.4, -0.2) is 4.98 Å². The lowest BCUT2D eigenvalue weighted by Crippen LogP contribution is -1.95. The number of pyridine rings is 1. The van der Waals surface area contributed by atoms with Gasteiger partial charge in [-0.05, 0) is 49.5 Å². The van der Waals surface area contributed by atoms with Gasteiger partial charge in [0.1, 0.15) is 0 Å². The molecule has 0 bridgehead atoms. The number of hydrogen-bond acceptors (Lipinski definition) is 1. The van der Waals surface area contributed by atoms with E-state index in [-0.39, 0.29) is 0 Å². The monoisotopic (exact) mass is 227 g/mol. The SMILES string of the molecule is CCCCCc1cc(C2=CCC=C2)cc(C)n1. The summed E-state index contributed by atoms with van der Waals surface area (Å²) in [5.41, 5.74) is 5.06. The fourth-order valence-corrected chi connectivity index (χ4v) is 2.26. The van der Waals surface area contributed by atoms with Gasteiger partial charge in [0.15, 0.2) is 0 Å². The highest BCUT2D eigenvalue weighted by Gasteiger charge is 2.05. The van der Waals surface area contributed by atoms with Crippen LogP contribution in [0.25, 0.3) is 5.57 Å². The van der Waals surface area contributed by atoms with E-state index >= 15 is 0 Å². The molecule has 17 heavy (non-hydrogen) atoms. The van der Waals surface area contributed by atoms with Gasteiger partial charge in [-0.15, -0.1) is 0 Å². The maximum Gasteiger partial charge on any atom is 0.0412 e. The number of hydrogen-bond donors (Lipinski definition) is 0. The van der Waals surface area contributed by atoms with E-state index in [9.17, 15) is 0 Å². The van der Waals surface area contributed by atoms with Crippen molar-refractivity contribution in [3.05, 3.63) is 47.3 Å². The van der Waals surface area contributed by atoms with Gasteiger partial charge in [-0.25, -0.2) is 0 Å². The minimum Gasteiger partial charge on any atom is -0.258 e. The van der Waals surface area contributed by atoms with Gasteiger partial charge in [-0.2, -0.15) is 0 Å². The van der Waals surface area contributed by atoms with Gasteiger partial charge in [0, 0.05) is 11.4 Å². The highest BCUT2D eigenvalue weighted by molar-refractivity contribution is 5.76. The predicted octanol–water partition coefficient (Wildman–Crippen LogP) is 4.47. The first-order chi connectivity index (χ1) is 8.29. The summed E-state index contributed by atoms with van der Waals surface area (Å²) in [5.74, 6) is 0. The molecule has 1 nitrogen and oxygen atoms in total. The molecule has 1 aromatic heterocycles. The van der Waals surface area contributed by atoms with Crippen molar-refractivity contribution in [2.45, 2.75) is 46.0 Å². The van der Waals surface area contributed by atoms with Gasteiger partial charge in [0.2, 0.25) is 0 Å². The number of aromatic nitrogens is 1. The quantitative estimate of drug-likeness (QED) is 0.676. The maximum absolute atomic E-state index is 4.63. The molecule has 1 heterocycles. The minimum absolute atomic E-state index is 1.07. The molecule has 0 amide bonds. The Morgan fingerprint density at radius 2 is 2.12 bits per heavy atom. The third-order valence-corrected chi connectivity index (χ3v) is 3.15. The summed E-state index contributed by atoms with van der Waals surface area (Å²) < 4.78 is 0. The molecule has 0 atom stereocenters. The van der Waals surface area contributed by atoms with Crippen LogP contribution in [0.15, 0.2) is 30.4 Å². The fourth-order valence-electron chi connectivity index (χ4n) is 2.26. The summed E-state index contributed by atoms with van der Waals surface area (Å²) in [5, 5.41) is 0. The summed E-state index contributed by atoms with van der Waals surface area (Å²) >= 11 is 0. The zero-order valence-electron chi connectivity index (χ0n) is 10.9. The molecule has 0 saturated heterocycles. The van der Waals surface area contributed by atoms with Gasteiger partial charge >= 0.3 is 0 Å². The lowest BCUT2D eigenvalue weighted by atomic mass is 10.0. The molecule has 1 heteroatoms. The summed E-state index contributed by atoms with van der Waals surface area (Å²) in [6.45, 7) is 4.33. The van der Waals surface area contributed by atoms with Crippen LogP contribution in [-0.2, 0) is 6.42 Å². The van der Waals surface area contributed by atoms with Crippen molar-refractivity contribution in [1.29, 1.82) is 0 Å². The summed E-state index contributed by atoms with van der Waals surface area (Å²) in [7, 11) is 0. The summed E-state index contributed by atoms with van der Waals surface area (Å²) in [6, 6.07) is 4.44. The molecule has 0 fully saturated rings. The van der Waals surface area contributed by atoms with Crippen molar-refractivity contribution >= 4 is 5.57 Å². The van der Waals surface area contributed by atoms with E-state index in [1.54, 1.807) is 0 Å². The molecule has 2 rings (SSSR count). The Balaban J connectivity index is 2.14. The Morgan fingerprint density at radius 1 is 1.24 bits per heavy atom. The molecule has 1 aliphatic carbocycles. The van der Waals surface area contributed by atoms with Crippen LogP contribution >= 0.6 is 0 Å². The predicted molar refractivity (Wildman–Crippen MR) is 73.9 cm³/mol. The van der Waals surface area contributed by atoms with Crippen LogP contribution < -0.4 is 0 Å². The third-order valence-electron chi connectivity index (χ3n) is 3.15. The second kappa shape index (κ2) is 5.81. The van der Waals surface area contributed by atoms with Crippen LogP contribution in [0.1, 0.15) is 49.6 Å². The molecule has 0 aromatic carbocycles. The Bertz CT molecular complexity index is 441. The Labute approximate surface area is 104 Å². The van der Waals surface area contributed by atoms with Gasteiger partial charge in [-0.1, -0.05) is 38.0 Å². The molecule has 0 N–H and O–H groups in total. The van der Waals surface area contributed by atoms with Crippen molar-refractivity contribution in [1.82, 2.24) is 4.98 Å². The zero-order chi connectivity index (χ0) is 12.1. The number of nitrogens with zero attached hydrogens (tertiary/aromatic N) is 1.